The first kappa shape index (κ1) is 11.4. The van der Waals surface area contributed by atoms with Gasteiger partial charge in [-0.3, -0.25) is 9.59 Å². The van der Waals surface area contributed by atoms with Gasteiger partial charge in [-0.05, 0) is 38.5 Å². The number of carbonyl (C=O) groups excluding carboxylic acids is 2. The summed E-state index contributed by atoms with van der Waals surface area (Å²) >= 11 is 0. The second-order valence-corrected chi connectivity index (χ2v) is 4.89. The van der Waals surface area contributed by atoms with Crippen LogP contribution >= 0.6 is 0 Å². The summed E-state index contributed by atoms with van der Waals surface area (Å²) in [7, 11) is 0. The quantitative estimate of drug-likeness (QED) is 0.416. The maximum atomic E-state index is 12.2. The van der Waals surface area contributed by atoms with Gasteiger partial charge in [0.2, 0.25) is 0 Å². The molecule has 0 N–H and O–H groups in total. The maximum absolute atomic E-state index is 12.2. The van der Waals surface area contributed by atoms with Crippen LogP contribution in [-0.4, -0.2) is 18.4 Å². The molecule has 0 radical (unpaired) electrons. The molecule has 88 valence electrons. The minimum absolute atomic E-state index is 0.00286. The topological polar surface area (TPSA) is 43.4 Å². The molecule has 0 aromatic rings. The fraction of sp³-hybridized carbons (Fsp3) is 0.692. The number of Topliss-reactive ketones (excluding diaryl/α,β-unsaturated/α-hetero) is 1. The van der Waals surface area contributed by atoms with Crippen molar-refractivity contribution in [2.24, 2.45) is 23.2 Å². The number of fused-ring (bicyclic) bond motifs is 2. The van der Waals surface area contributed by atoms with Gasteiger partial charge in [-0.1, -0.05) is 6.08 Å². The molecule has 2 fully saturated rings. The number of hydrogen-bond donors (Lipinski definition) is 0. The first-order valence-corrected chi connectivity index (χ1v) is 5.91. The van der Waals surface area contributed by atoms with Crippen molar-refractivity contribution in [1.29, 1.82) is 0 Å². The molecule has 4 atom stereocenters. The van der Waals surface area contributed by atoms with E-state index in [2.05, 4.69) is 6.58 Å². The van der Waals surface area contributed by atoms with Gasteiger partial charge >= 0.3 is 5.97 Å². The van der Waals surface area contributed by atoms with Crippen LogP contribution in [0, 0.1) is 23.2 Å². The molecule has 2 aliphatic carbocycles. The summed E-state index contributed by atoms with van der Waals surface area (Å²) in [5, 5.41) is 0. The number of allylic oxidation sites excluding steroid dienone is 1. The third-order valence-corrected chi connectivity index (χ3v) is 4.28. The van der Waals surface area contributed by atoms with E-state index in [1.165, 1.54) is 0 Å². The van der Waals surface area contributed by atoms with Crippen molar-refractivity contribution in [3.8, 4) is 0 Å². The number of hydrogen-bond acceptors (Lipinski definition) is 3. The molecule has 16 heavy (non-hydrogen) atoms. The molecule has 0 saturated heterocycles. The van der Waals surface area contributed by atoms with Crippen LogP contribution in [0.2, 0.25) is 0 Å². The Morgan fingerprint density at radius 3 is 2.81 bits per heavy atom. The summed E-state index contributed by atoms with van der Waals surface area (Å²) < 4.78 is 5.05. The number of ether oxygens (including phenoxy) is 1. The highest BCUT2D eigenvalue weighted by atomic mass is 16.5. The van der Waals surface area contributed by atoms with Crippen molar-refractivity contribution in [3.63, 3.8) is 0 Å². The Kier molecular flexibility index (Phi) is 2.64. The molecule has 0 aromatic heterocycles. The molecule has 2 rings (SSSR count). The van der Waals surface area contributed by atoms with Gasteiger partial charge < -0.3 is 4.74 Å². The highest BCUT2D eigenvalue weighted by Gasteiger charge is 2.64. The van der Waals surface area contributed by atoms with Crippen LogP contribution < -0.4 is 0 Å². The van der Waals surface area contributed by atoms with E-state index >= 15 is 0 Å². The molecule has 0 heterocycles. The zero-order chi connectivity index (χ0) is 11.9. The van der Waals surface area contributed by atoms with Gasteiger partial charge in [-0.2, -0.15) is 0 Å². The fourth-order valence-electron chi connectivity index (χ4n) is 3.43. The van der Waals surface area contributed by atoms with Crippen molar-refractivity contribution in [2.45, 2.75) is 26.7 Å². The van der Waals surface area contributed by atoms with Crippen LogP contribution in [0.3, 0.4) is 0 Å². The summed E-state index contributed by atoms with van der Waals surface area (Å²) in [6.45, 7) is 7.63. The first-order valence-electron chi connectivity index (χ1n) is 5.91. The predicted octanol–water partition coefficient (Wildman–Crippen LogP) is 1.97. The summed E-state index contributed by atoms with van der Waals surface area (Å²) in [6, 6.07) is 0. The number of ketones is 1. The molecule has 0 aromatic carbocycles. The van der Waals surface area contributed by atoms with Gasteiger partial charge in [0.05, 0.1) is 6.61 Å². The minimum atomic E-state index is -0.919. The minimum Gasteiger partial charge on any atom is -0.465 e. The van der Waals surface area contributed by atoms with E-state index in [0.717, 1.165) is 12.8 Å². The summed E-state index contributed by atoms with van der Waals surface area (Å²) in [5.74, 6) is -0.0217. The van der Waals surface area contributed by atoms with E-state index in [1.54, 1.807) is 13.8 Å². The average Bonchev–Trinajstić information content (AvgIpc) is 2.77. The third-order valence-electron chi connectivity index (χ3n) is 4.28. The lowest BCUT2D eigenvalue weighted by molar-refractivity contribution is -0.162. The van der Waals surface area contributed by atoms with Gasteiger partial charge in [-0.25, -0.2) is 0 Å². The van der Waals surface area contributed by atoms with Crippen LogP contribution in [0.4, 0.5) is 0 Å². The predicted molar refractivity (Wildman–Crippen MR) is 59.6 cm³/mol. The Morgan fingerprint density at radius 1 is 1.62 bits per heavy atom. The Balaban J connectivity index is 2.32. The van der Waals surface area contributed by atoms with Crippen molar-refractivity contribution in [2.75, 3.05) is 6.61 Å². The Morgan fingerprint density at radius 2 is 2.31 bits per heavy atom. The lowest BCUT2D eigenvalue weighted by Crippen LogP contribution is -2.42. The van der Waals surface area contributed by atoms with Crippen LogP contribution in [0.25, 0.3) is 0 Å². The molecule has 0 unspecified atom stereocenters. The normalized spacial score (nSPS) is 41.1. The van der Waals surface area contributed by atoms with Crippen molar-refractivity contribution in [1.82, 2.24) is 0 Å². The lowest BCUT2D eigenvalue weighted by Gasteiger charge is -2.30. The highest BCUT2D eigenvalue weighted by molar-refractivity contribution is 6.07. The van der Waals surface area contributed by atoms with Crippen LogP contribution in [0.5, 0.6) is 0 Å². The van der Waals surface area contributed by atoms with E-state index < -0.39 is 5.41 Å². The zero-order valence-electron chi connectivity index (χ0n) is 9.86. The molecule has 2 saturated carbocycles. The van der Waals surface area contributed by atoms with Crippen molar-refractivity contribution in [3.05, 3.63) is 12.7 Å². The molecule has 0 amide bonds. The van der Waals surface area contributed by atoms with Gasteiger partial charge in [0.25, 0.3) is 0 Å². The number of rotatable bonds is 3. The number of esters is 1. The molecule has 0 spiro atoms. The van der Waals surface area contributed by atoms with Gasteiger partial charge in [0, 0.05) is 5.92 Å². The lowest BCUT2D eigenvalue weighted by atomic mass is 9.73. The molecule has 0 aliphatic heterocycles. The number of carbonyl (C=O) groups is 2. The van der Waals surface area contributed by atoms with E-state index in [4.69, 9.17) is 4.74 Å². The fourth-order valence-corrected chi connectivity index (χ4v) is 3.43. The maximum Gasteiger partial charge on any atom is 0.319 e. The summed E-state index contributed by atoms with van der Waals surface area (Å²) in [5.41, 5.74) is -0.919. The highest BCUT2D eigenvalue weighted by Crippen LogP contribution is 2.57. The molecular formula is C13H18O3. The summed E-state index contributed by atoms with van der Waals surface area (Å²) in [6.07, 6.45) is 3.67. The average molecular weight is 222 g/mol. The van der Waals surface area contributed by atoms with Gasteiger partial charge in [-0.15, -0.1) is 6.58 Å². The Hall–Kier alpha value is -1.12. The van der Waals surface area contributed by atoms with Crippen LogP contribution in [0.15, 0.2) is 12.7 Å². The largest absolute Gasteiger partial charge is 0.465 e. The molecular weight excluding hydrogens is 204 g/mol. The molecule has 2 aliphatic rings. The smallest absolute Gasteiger partial charge is 0.319 e. The SMILES string of the molecule is C=C[C@@H]1[C@@H]2CC[C@H]1[C@@](C)(C(=O)OCC)C2=O. The van der Waals surface area contributed by atoms with E-state index in [9.17, 15) is 9.59 Å². The molecule has 2 bridgehead atoms. The van der Waals surface area contributed by atoms with Crippen molar-refractivity contribution >= 4 is 11.8 Å². The second-order valence-electron chi connectivity index (χ2n) is 4.89. The first-order chi connectivity index (χ1) is 7.57. The van der Waals surface area contributed by atoms with Crippen molar-refractivity contribution < 1.29 is 14.3 Å². The standard InChI is InChI=1S/C13H18O3/c1-4-8-9-6-7-10(8)13(3,11(9)14)12(15)16-5-2/h4,8-10H,1,5-7H2,2-3H3/t8-,9+,10-,13-/m1/s1. The van der Waals surface area contributed by atoms with Gasteiger partial charge in [0.15, 0.2) is 5.78 Å². The molecule has 3 heteroatoms. The monoisotopic (exact) mass is 222 g/mol. The third kappa shape index (κ3) is 1.20. The molecule has 3 nitrogen and oxygen atoms in total. The van der Waals surface area contributed by atoms with E-state index in [-0.39, 0.29) is 29.5 Å². The summed E-state index contributed by atoms with van der Waals surface area (Å²) in [4.78, 5) is 24.2. The Bertz CT molecular complexity index is 347. The Labute approximate surface area is 95.9 Å². The zero-order valence-corrected chi connectivity index (χ0v) is 9.86. The van der Waals surface area contributed by atoms with Gasteiger partial charge in [0.1, 0.15) is 5.41 Å². The van der Waals surface area contributed by atoms with E-state index in [1.807, 2.05) is 6.08 Å². The second kappa shape index (κ2) is 3.72. The van der Waals surface area contributed by atoms with Crippen LogP contribution in [-0.2, 0) is 14.3 Å². The van der Waals surface area contributed by atoms with E-state index in [0.29, 0.717) is 6.61 Å². The van der Waals surface area contributed by atoms with Crippen LogP contribution in [0.1, 0.15) is 26.7 Å².